The van der Waals surface area contributed by atoms with Gasteiger partial charge in [-0.2, -0.15) is 13.2 Å². The molecular weight excluding hydrogens is 329 g/mol. The highest BCUT2D eigenvalue weighted by molar-refractivity contribution is 7.99. The first-order valence-electron chi connectivity index (χ1n) is 5.37. The zero-order valence-corrected chi connectivity index (χ0v) is 11.5. The van der Waals surface area contributed by atoms with E-state index in [1.54, 1.807) is 0 Å². The molecule has 3 aromatic heterocycles. The topological polar surface area (TPSA) is 80.2 Å². The molecule has 6 nitrogen and oxygen atoms in total. The molecule has 3 aromatic rings. The fourth-order valence-corrected chi connectivity index (χ4v) is 2.60. The molecule has 0 unspecified atom stereocenters. The number of fused-ring (bicyclic) bond motifs is 1. The summed E-state index contributed by atoms with van der Waals surface area (Å²) in [5.74, 6) is -1.30. The van der Waals surface area contributed by atoms with Crippen molar-refractivity contribution in [3.8, 4) is 0 Å². The number of hydrogen-bond acceptors (Lipinski definition) is 6. The van der Waals surface area contributed by atoms with Crippen LogP contribution in [0.2, 0.25) is 5.15 Å². The van der Waals surface area contributed by atoms with Gasteiger partial charge < -0.3 is 4.98 Å². The van der Waals surface area contributed by atoms with Crippen molar-refractivity contribution in [1.29, 1.82) is 0 Å². The lowest BCUT2D eigenvalue weighted by Gasteiger charge is -2.07. The second-order valence-electron chi connectivity index (χ2n) is 3.73. The normalized spacial score (nSPS) is 12.0. The predicted octanol–water partition coefficient (Wildman–Crippen LogP) is 2.97. The summed E-state index contributed by atoms with van der Waals surface area (Å²) in [6.45, 7) is 0. The molecule has 0 aliphatic heterocycles. The van der Waals surface area contributed by atoms with Crippen molar-refractivity contribution in [2.75, 3.05) is 0 Å². The summed E-state index contributed by atoms with van der Waals surface area (Å²) in [5.41, 5.74) is 0.912. The van der Waals surface area contributed by atoms with Crippen molar-refractivity contribution in [2.24, 2.45) is 0 Å². The molecule has 0 amide bonds. The lowest BCUT2D eigenvalue weighted by molar-refractivity contribution is -0.145. The van der Waals surface area contributed by atoms with Crippen LogP contribution in [-0.4, -0.2) is 29.9 Å². The van der Waals surface area contributed by atoms with Gasteiger partial charge in [0.1, 0.15) is 27.0 Å². The molecule has 0 spiro atoms. The van der Waals surface area contributed by atoms with E-state index < -0.39 is 12.0 Å². The first kappa shape index (κ1) is 14.0. The molecular formula is C10H4ClF3N6S. The monoisotopic (exact) mass is 332 g/mol. The van der Waals surface area contributed by atoms with Gasteiger partial charge >= 0.3 is 6.18 Å². The molecule has 0 radical (unpaired) electrons. The third-order valence-electron chi connectivity index (χ3n) is 2.31. The molecule has 21 heavy (non-hydrogen) atoms. The third-order valence-corrected chi connectivity index (χ3v) is 3.43. The number of aromatic amines is 1. The first-order chi connectivity index (χ1) is 9.93. The van der Waals surface area contributed by atoms with E-state index in [4.69, 9.17) is 11.6 Å². The van der Waals surface area contributed by atoms with Crippen LogP contribution in [-0.2, 0) is 6.18 Å². The highest BCUT2D eigenvalue weighted by atomic mass is 35.5. The maximum atomic E-state index is 12.7. The number of imidazole rings is 1. The number of hydrogen-bond donors (Lipinski definition) is 1. The summed E-state index contributed by atoms with van der Waals surface area (Å²) in [5, 5.41) is 0.118. The average molecular weight is 333 g/mol. The van der Waals surface area contributed by atoms with Crippen LogP contribution in [0.1, 0.15) is 5.82 Å². The zero-order chi connectivity index (χ0) is 15.0. The summed E-state index contributed by atoms with van der Waals surface area (Å²) in [6, 6.07) is 1.23. The van der Waals surface area contributed by atoms with Gasteiger partial charge in [-0.25, -0.2) is 24.9 Å². The second-order valence-corrected chi connectivity index (χ2v) is 5.13. The van der Waals surface area contributed by atoms with Crippen LogP contribution in [0, 0.1) is 0 Å². The largest absolute Gasteiger partial charge is 0.451 e. The molecule has 108 valence electrons. The molecule has 0 aromatic carbocycles. The van der Waals surface area contributed by atoms with Crippen LogP contribution >= 0.6 is 23.4 Å². The Balaban J connectivity index is 2.02. The van der Waals surface area contributed by atoms with Gasteiger partial charge in [0.05, 0.1) is 6.33 Å². The summed E-state index contributed by atoms with van der Waals surface area (Å²) in [7, 11) is 0. The minimum Gasteiger partial charge on any atom is -0.341 e. The maximum Gasteiger partial charge on any atom is 0.451 e. The molecule has 3 heterocycles. The smallest absolute Gasteiger partial charge is 0.341 e. The Kier molecular flexibility index (Phi) is 3.41. The van der Waals surface area contributed by atoms with Crippen molar-refractivity contribution in [1.82, 2.24) is 29.9 Å². The summed E-state index contributed by atoms with van der Waals surface area (Å²) < 4.78 is 38.0. The van der Waals surface area contributed by atoms with Gasteiger partial charge in [0.15, 0.2) is 5.65 Å². The van der Waals surface area contributed by atoms with Gasteiger partial charge in [-0.15, -0.1) is 0 Å². The van der Waals surface area contributed by atoms with Crippen LogP contribution in [0.3, 0.4) is 0 Å². The molecule has 0 saturated carbocycles. The van der Waals surface area contributed by atoms with Crippen molar-refractivity contribution >= 4 is 34.5 Å². The standard InChI is InChI=1S/C10H4ClF3N6S/c11-4-1-5(20-9(19-4)10(12,13)14)21-8-6-7(16-2-15-6)17-3-18-8/h1-3H,(H,15,16,17,18). The zero-order valence-electron chi connectivity index (χ0n) is 9.89. The molecule has 3 rings (SSSR count). The number of nitrogens with zero attached hydrogens (tertiary/aromatic N) is 5. The Morgan fingerprint density at radius 1 is 1.14 bits per heavy atom. The molecule has 0 saturated heterocycles. The Bertz CT molecular complexity index is 805. The molecule has 11 heteroatoms. The second kappa shape index (κ2) is 5.11. The first-order valence-corrected chi connectivity index (χ1v) is 6.56. The molecule has 1 N–H and O–H groups in total. The quantitative estimate of drug-likeness (QED) is 0.727. The van der Waals surface area contributed by atoms with Crippen LogP contribution < -0.4 is 0 Å². The summed E-state index contributed by atoms with van der Waals surface area (Å²) >= 11 is 6.51. The van der Waals surface area contributed by atoms with Crippen LogP contribution in [0.25, 0.3) is 11.2 Å². The van der Waals surface area contributed by atoms with Crippen LogP contribution in [0.15, 0.2) is 28.8 Å². The lowest BCUT2D eigenvalue weighted by Crippen LogP contribution is -2.11. The van der Waals surface area contributed by atoms with E-state index in [1.165, 1.54) is 18.7 Å². The summed E-state index contributed by atoms with van der Waals surface area (Å²) in [4.78, 5) is 21.3. The van der Waals surface area contributed by atoms with Gasteiger partial charge in [-0.3, -0.25) is 0 Å². The fourth-order valence-electron chi connectivity index (χ4n) is 1.50. The minimum atomic E-state index is -4.67. The average Bonchev–Trinajstić information content (AvgIpc) is 2.86. The number of alkyl halides is 3. The molecule has 0 bridgehead atoms. The Hall–Kier alpha value is -1.94. The fraction of sp³-hybridized carbons (Fsp3) is 0.100. The third kappa shape index (κ3) is 2.90. The number of H-pyrrole nitrogens is 1. The number of rotatable bonds is 2. The molecule has 0 atom stereocenters. The van der Waals surface area contributed by atoms with Crippen molar-refractivity contribution in [3.63, 3.8) is 0 Å². The lowest BCUT2D eigenvalue weighted by atomic mass is 10.5. The van der Waals surface area contributed by atoms with Crippen molar-refractivity contribution in [3.05, 3.63) is 29.7 Å². The predicted molar refractivity (Wildman–Crippen MR) is 67.9 cm³/mol. The van der Waals surface area contributed by atoms with Crippen LogP contribution in [0.4, 0.5) is 13.2 Å². The minimum absolute atomic E-state index is 0.0249. The number of nitrogens with one attached hydrogen (secondary N) is 1. The highest BCUT2D eigenvalue weighted by Crippen LogP contribution is 2.33. The van der Waals surface area contributed by atoms with E-state index in [9.17, 15) is 13.2 Å². The van der Waals surface area contributed by atoms with E-state index in [-0.39, 0.29) is 10.2 Å². The Morgan fingerprint density at radius 3 is 2.71 bits per heavy atom. The van der Waals surface area contributed by atoms with Gasteiger partial charge in [0, 0.05) is 6.07 Å². The Morgan fingerprint density at radius 2 is 1.95 bits per heavy atom. The molecule has 0 aliphatic carbocycles. The van der Waals surface area contributed by atoms with E-state index in [0.29, 0.717) is 16.2 Å². The molecule has 0 fully saturated rings. The van der Waals surface area contributed by atoms with Crippen molar-refractivity contribution < 1.29 is 13.2 Å². The number of aromatic nitrogens is 6. The van der Waals surface area contributed by atoms with E-state index >= 15 is 0 Å². The summed E-state index contributed by atoms with van der Waals surface area (Å²) in [6.07, 6.45) is -1.99. The van der Waals surface area contributed by atoms with Crippen LogP contribution in [0.5, 0.6) is 0 Å². The number of halogens is 4. The van der Waals surface area contributed by atoms with E-state index in [1.807, 2.05) is 0 Å². The Labute approximate surface area is 124 Å². The van der Waals surface area contributed by atoms with Gasteiger partial charge in [0.25, 0.3) is 0 Å². The van der Waals surface area contributed by atoms with E-state index in [0.717, 1.165) is 11.8 Å². The molecule has 0 aliphatic rings. The highest BCUT2D eigenvalue weighted by Gasteiger charge is 2.35. The van der Waals surface area contributed by atoms with E-state index in [2.05, 4.69) is 29.9 Å². The van der Waals surface area contributed by atoms with Gasteiger partial charge in [-0.05, 0) is 11.8 Å². The van der Waals surface area contributed by atoms with Gasteiger partial charge in [-0.1, -0.05) is 11.6 Å². The van der Waals surface area contributed by atoms with Crippen molar-refractivity contribution in [2.45, 2.75) is 16.2 Å². The van der Waals surface area contributed by atoms with Gasteiger partial charge in [0.2, 0.25) is 5.82 Å². The SMILES string of the molecule is FC(F)(F)c1nc(Cl)cc(Sc2ncnc3nc[nH]c23)n1. The maximum absolute atomic E-state index is 12.7.